The average molecular weight is 332 g/mol. The number of hydrogen-bond donors (Lipinski definition) is 2. The molecule has 1 aromatic heterocycles. The summed E-state index contributed by atoms with van der Waals surface area (Å²) in [6.07, 6.45) is 0. The number of anilines is 2. The maximum Gasteiger partial charge on any atom is 0.266 e. The standard InChI is InChI=1S/C11H8BrClN2OS/c12-7-3-4-17-10(7)11(16)15-9-5-6(14)1-2-8(9)13/h1-5H,14H2,(H,15,16). The molecule has 6 heteroatoms. The second-order valence-corrected chi connectivity index (χ2v) is 5.47. The Morgan fingerprint density at radius 3 is 2.82 bits per heavy atom. The highest BCUT2D eigenvalue weighted by molar-refractivity contribution is 9.10. The van der Waals surface area contributed by atoms with Crippen molar-refractivity contribution < 1.29 is 4.79 Å². The van der Waals surface area contributed by atoms with E-state index in [1.54, 1.807) is 18.2 Å². The molecule has 0 fully saturated rings. The smallest absolute Gasteiger partial charge is 0.266 e. The molecule has 0 aliphatic rings. The van der Waals surface area contributed by atoms with Crippen molar-refractivity contribution in [1.29, 1.82) is 0 Å². The number of hydrogen-bond acceptors (Lipinski definition) is 3. The van der Waals surface area contributed by atoms with Crippen LogP contribution in [-0.2, 0) is 0 Å². The molecule has 3 nitrogen and oxygen atoms in total. The molecule has 1 aromatic carbocycles. The number of rotatable bonds is 2. The van der Waals surface area contributed by atoms with Crippen LogP contribution in [0.1, 0.15) is 9.67 Å². The molecule has 0 saturated heterocycles. The molecule has 0 spiro atoms. The predicted octanol–water partition coefficient (Wildman–Crippen LogP) is 4.00. The Hall–Kier alpha value is -1.04. The van der Waals surface area contributed by atoms with E-state index in [1.807, 2.05) is 11.4 Å². The molecule has 17 heavy (non-hydrogen) atoms. The summed E-state index contributed by atoms with van der Waals surface area (Å²) in [5, 5.41) is 5.02. The fourth-order valence-corrected chi connectivity index (χ4v) is 2.88. The van der Waals surface area contributed by atoms with E-state index >= 15 is 0 Å². The van der Waals surface area contributed by atoms with Gasteiger partial charge >= 0.3 is 0 Å². The van der Waals surface area contributed by atoms with E-state index in [0.29, 0.717) is 21.3 Å². The van der Waals surface area contributed by atoms with Crippen LogP contribution in [0.3, 0.4) is 0 Å². The van der Waals surface area contributed by atoms with Gasteiger partial charge in [0.15, 0.2) is 0 Å². The first kappa shape index (κ1) is 12.4. The van der Waals surface area contributed by atoms with Gasteiger partial charge in [-0.3, -0.25) is 4.79 Å². The van der Waals surface area contributed by atoms with Gasteiger partial charge in [0.05, 0.1) is 10.7 Å². The largest absolute Gasteiger partial charge is 0.399 e. The minimum atomic E-state index is -0.209. The first-order valence-corrected chi connectivity index (χ1v) is 6.72. The summed E-state index contributed by atoms with van der Waals surface area (Å²) in [6.45, 7) is 0. The van der Waals surface area contributed by atoms with Crippen molar-refractivity contribution in [3.8, 4) is 0 Å². The molecule has 1 amide bonds. The fraction of sp³-hybridized carbons (Fsp3) is 0. The lowest BCUT2D eigenvalue weighted by Crippen LogP contribution is -2.11. The molecule has 0 atom stereocenters. The summed E-state index contributed by atoms with van der Waals surface area (Å²) in [6, 6.07) is 6.78. The number of nitrogens with two attached hydrogens (primary N) is 1. The van der Waals surface area contributed by atoms with E-state index in [-0.39, 0.29) is 5.91 Å². The van der Waals surface area contributed by atoms with Gasteiger partial charge in [0.25, 0.3) is 5.91 Å². The number of amides is 1. The van der Waals surface area contributed by atoms with Gasteiger partial charge in [0.2, 0.25) is 0 Å². The summed E-state index contributed by atoms with van der Waals surface area (Å²) >= 11 is 10.6. The van der Waals surface area contributed by atoms with Crippen LogP contribution in [-0.4, -0.2) is 5.91 Å². The first-order valence-electron chi connectivity index (χ1n) is 4.67. The summed E-state index contributed by atoms with van der Waals surface area (Å²) in [4.78, 5) is 12.5. The summed E-state index contributed by atoms with van der Waals surface area (Å²) in [5.41, 5.74) is 6.70. The van der Waals surface area contributed by atoms with Gasteiger partial charge in [-0.05, 0) is 45.6 Å². The second-order valence-electron chi connectivity index (χ2n) is 3.29. The molecule has 0 aliphatic heterocycles. The zero-order chi connectivity index (χ0) is 12.4. The van der Waals surface area contributed by atoms with E-state index in [2.05, 4.69) is 21.2 Å². The third-order valence-corrected chi connectivity index (χ3v) is 4.23. The molecule has 2 rings (SSSR count). The maximum atomic E-state index is 11.9. The number of nitrogen functional groups attached to an aromatic ring is 1. The van der Waals surface area contributed by atoms with E-state index < -0.39 is 0 Å². The molecule has 88 valence electrons. The van der Waals surface area contributed by atoms with Crippen LogP contribution in [0.2, 0.25) is 5.02 Å². The van der Waals surface area contributed by atoms with Crippen molar-refractivity contribution in [1.82, 2.24) is 0 Å². The van der Waals surface area contributed by atoms with Gasteiger partial charge in [-0.1, -0.05) is 11.6 Å². The van der Waals surface area contributed by atoms with Gasteiger partial charge in [-0.2, -0.15) is 0 Å². The van der Waals surface area contributed by atoms with Crippen LogP contribution in [0.5, 0.6) is 0 Å². The number of carbonyl (C=O) groups is 1. The van der Waals surface area contributed by atoms with Gasteiger partial charge in [0, 0.05) is 10.2 Å². The summed E-state index contributed by atoms with van der Waals surface area (Å²) in [7, 11) is 0. The van der Waals surface area contributed by atoms with Crippen molar-refractivity contribution in [2.75, 3.05) is 11.1 Å². The SMILES string of the molecule is Nc1ccc(Cl)c(NC(=O)c2sccc2Br)c1. The second kappa shape index (κ2) is 5.08. The van der Waals surface area contributed by atoms with Gasteiger partial charge in [-0.15, -0.1) is 11.3 Å². The first-order chi connectivity index (χ1) is 8.08. The topological polar surface area (TPSA) is 55.1 Å². The zero-order valence-corrected chi connectivity index (χ0v) is 11.7. The average Bonchev–Trinajstić information content (AvgIpc) is 2.70. The minimum absolute atomic E-state index is 0.209. The minimum Gasteiger partial charge on any atom is -0.399 e. The Kier molecular flexibility index (Phi) is 3.71. The summed E-state index contributed by atoms with van der Waals surface area (Å²) in [5.74, 6) is -0.209. The van der Waals surface area contributed by atoms with E-state index in [0.717, 1.165) is 4.47 Å². The molecule has 0 saturated carbocycles. The Labute approximate surface area is 116 Å². The molecule has 0 aliphatic carbocycles. The van der Waals surface area contributed by atoms with Gasteiger partial charge in [0.1, 0.15) is 4.88 Å². The van der Waals surface area contributed by atoms with Crippen LogP contribution in [0.15, 0.2) is 34.1 Å². The number of halogens is 2. The molecule has 0 radical (unpaired) electrons. The number of benzene rings is 1. The molecular formula is C11H8BrClN2OS. The monoisotopic (exact) mass is 330 g/mol. The summed E-state index contributed by atoms with van der Waals surface area (Å²) < 4.78 is 0.764. The van der Waals surface area contributed by atoms with Gasteiger partial charge in [-0.25, -0.2) is 0 Å². The lowest BCUT2D eigenvalue weighted by molar-refractivity contribution is 0.103. The fourth-order valence-electron chi connectivity index (χ4n) is 1.27. The highest BCUT2D eigenvalue weighted by Gasteiger charge is 2.13. The third kappa shape index (κ3) is 2.80. The zero-order valence-electron chi connectivity index (χ0n) is 8.54. The molecule has 3 N–H and O–H groups in total. The van der Waals surface area contributed by atoms with Crippen molar-refractivity contribution >= 4 is 56.1 Å². The molecule has 0 bridgehead atoms. The number of nitrogens with one attached hydrogen (secondary N) is 1. The molecule has 1 heterocycles. The van der Waals surface area contributed by atoms with E-state index in [1.165, 1.54) is 11.3 Å². The maximum absolute atomic E-state index is 11.9. The van der Waals surface area contributed by atoms with Gasteiger partial charge < -0.3 is 11.1 Å². The van der Waals surface area contributed by atoms with E-state index in [4.69, 9.17) is 17.3 Å². The quantitative estimate of drug-likeness (QED) is 0.817. The Morgan fingerprint density at radius 2 is 2.18 bits per heavy atom. The molecular weight excluding hydrogens is 324 g/mol. The van der Waals surface area contributed by atoms with Crippen molar-refractivity contribution in [3.63, 3.8) is 0 Å². The highest BCUT2D eigenvalue weighted by Crippen LogP contribution is 2.27. The molecule has 2 aromatic rings. The van der Waals surface area contributed by atoms with Crippen LogP contribution in [0.25, 0.3) is 0 Å². The van der Waals surface area contributed by atoms with E-state index in [9.17, 15) is 4.79 Å². The van der Waals surface area contributed by atoms with Crippen LogP contribution in [0, 0.1) is 0 Å². The Balaban J connectivity index is 2.24. The molecule has 0 unspecified atom stereocenters. The van der Waals surface area contributed by atoms with Crippen LogP contribution < -0.4 is 11.1 Å². The van der Waals surface area contributed by atoms with Crippen LogP contribution in [0.4, 0.5) is 11.4 Å². The predicted molar refractivity (Wildman–Crippen MR) is 75.8 cm³/mol. The van der Waals surface area contributed by atoms with Crippen molar-refractivity contribution in [2.24, 2.45) is 0 Å². The number of carbonyl (C=O) groups excluding carboxylic acids is 1. The lowest BCUT2D eigenvalue weighted by Gasteiger charge is -2.07. The highest BCUT2D eigenvalue weighted by atomic mass is 79.9. The normalized spacial score (nSPS) is 10.2. The Bertz CT molecular complexity index is 570. The number of thiophene rings is 1. The lowest BCUT2D eigenvalue weighted by atomic mass is 10.2. The third-order valence-electron chi connectivity index (χ3n) is 2.06. The van der Waals surface area contributed by atoms with Crippen LogP contribution >= 0.6 is 38.9 Å². The van der Waals surface area contributed by atoms with Crippen molar-refractivity contribution in [2.45, 2.75) is 0 Å². The Morgan fingerprint density at radius 1 is 1.41 bits per heavy atom. The van der Waals surface area contributed by atoms with Crippen molar-refractivity contribution in [3.05, 3.63) is 44.0 Å².